The molecule has 0 radical (unpaired) electrons. The molecule has 1 spiro atoms. The minimum absolute atomic E-state index is 0.00668. The fourth-order valence-electron chi connectivity index (χ4n) is 3.83. The Morgan fingerprint density at radius 1 is 0.806 bits per heavy atom. The summed E-state index contributed by atoms with van der Waals surface area (Å²) < 4.78 is 33.1. The third-order valence-corrected chi connectivity index (χ3v) is 6.12. The molecule has 0 aromatic heterocycles. The molecule has 0 saturated carbocycles. The largest absolute Gasteiger partial charge is 0.396 e. The highest BCUT2D eigenvalue weighted by Crippen LogP contribution is 2.37. The van der Waals surface area contributed by atoms with E-state index in [9.17, 15) is 9.90 Å². The van der Waals surface area contributed by atoms with Crippen LogP contribution in [-0.4, -0.2) is 105 Å². The number of carbonyl (C=O) groups excluding carboxylic acids is 1. The highest BCUT2D eigenvalue weighted by atomic mass is 16.7. The molecule has 2 unspecified atom stereocenters. The van der Waals surface area contributed by atoms with Gasteiger partial charge >= 0.3 is 0 Å². The van der Waals surface area contributed by atoms with Crippen LogP contribution >= 0.6 is 0 Å². The first-order chi connectivity index (χ1) is 14.5. The van der Waals surface area contributed by atoms with Crippen molar-refractivity contribution < 1.29 is 48.5 Å². The van der Waals surface area contributed by atoms with Crippen molar-refractivity contribution in [3.8, 4) is 0 Å². The van der Waals surface area contributed by atoms with Crippen molar-refractivity contribution in [3.05, 3.63) is 0 Å². The van der Waals surface area contributed by atoms with Crippen molar-refractivity contribution in [1.82, 2.24) is 0 Å². The normalized spacial score (nSPS) is 40.9. The van der Waals surface area contributed by atoms with Crippen LogP contribution in [0.3, 0.4) is 0 Å². The van der Waals surface area contributed by atoms with Gasteiger partial charge in [0.1, 0.15) is 30.7 Å². The minimum Gasteiger partial charge on any atom is -0.396 e. The molecule has 31 heavy (non-hydrogen) atoms. The molecule has 0 aromatic carbocycles. The molecule has 180 valence electrons. The van der Waals surface area contributed by atoms with E-state index in [1.165, 1.54) is 0 Å². The summed E-state index contributed by atoms with van der Waals surface area (Å²) in [5, 5.41) is 27.7. The van der Waals surface area contributed by atoms with E-state index in [0.717, 1.165) is 6.29 Å². The average molecular weight is 449 g/mol. The van der Waals surface area contributed by atoms with Gasteiger partial charge in [-0.2, -0.15) is 0 Å². The summed E-state index contributed by atoms with van der Waals surface area (Å²) in [5.74, 6) is 0. The molecule has 4 heterocycles. The van der Waals surface area contributed by atoms with Crippen molar-refractivity contribution in [3.63, 3.8) is 0 Å². The van der Waals surface area contributed by atoms with Gasteiger partial charge in [0.25, 0.3) is 0 Å². The zero-order chi connectivity index (χ0) is 22.9. The molecule has 4 rings (SSSR count). The Bertz CT molecular complexity index is 575. The summed E-state index contributed by atoms with van der Waals surface area (Å²) >= 11 is 0. The van der Waals surface area contributed by atoms with Crippen molar-refractivity contribution in [2.45, 2.75) is 64.7 Å². The standard InChI is InChI=1S/C15H26O6.C6H10O4/c1-13(2,5-16)11-18-7-15(8-19-11)9-20-12(21-10-15)14(3,4)6-17;7-3-1-9-6-4(8)2-10-5(3)6/h5,11-12,17H,6-10H2,1-4H3;3-8H,1-2H2/t;3?,4?,5-,6-/m.1/s1. The smallest absolute Gasteiger partial charge is 0.169 e. The van der Waals surface area contributed by atoms with Gasteiger partial charge in [0.2, 0.25) is 0 Å². The first-order valence-electron chi connectivity index (χ1n) is 10.7. The Labute approximate surface area is 182 Å². The second-order valence-corrected chi connectivity index (χ2v) is 10.2. The Morgan fingerprint density at radius 2 is 1.23 bits per heavy atom. The molecule has 4 aliphatic heterocycles. The molecular weight excluding hydrogens is 412 g/mol. The van der Waals surface area contributed by atoms with Gasteiger partial charge < -0.3 is 48.5 Å². The van der Waals surface area contributed by atoms with Crippen LogP contribution < -0.4 is 0 Å². The first-order valence-corrected chi connectivity index (χ1v) is 10.7. The molecule has 4 saturated heterocycles. The Morgan fingerprint density at radius 3 is 1.61 bits per heavy atom. The maximum absolute atomic E-state index is 11.0. The molecule has 0 amide bonds. The molecule has 4 aliphatic rings. The van der Waals surface area contributed by atoms with E-state index >= 15 is 0 Å². The van der Waals surface area contributed by atoms with Crippen LogP contribution in [0.4, 0.5) is 0 Å². The van der Waals surface area contributed by atoms with Crippen molar-refractivity contribution in [1.29, 1.82) is 0 Å². The van der Waals surface area contributed by atoms with Gasteiger partial charge in [0.05, 0.1) is 57.1 Å². The predicted molar refractivity (Wildman–Crippen MR) is 106 cm³/mol. The number of rotatable bonds is 4. The van der Waals surface area contributed by atoms with Crippen molar-refractivity contribution in [2.24, 2.45) is 16.2 Å². The Kier molecular flexibility index (Phi) is 7.77. The SMILES string of the molecule is CC(C)(C=O)C1OCC2(CO1)COC(C(C)(C)CO)OC2.OC1CO[C@@H]2C(O)CO[C@H]12. The second-order valence-electron chi connectivity index (χ2n) is 10.2. The number of hydrogen-bond donors (Lipinski definition) is 3. The van der Waals surface area contributed by atoms with Gasteiger partial charge in [-0.3, -0.25) is 0 Å². The van der Waals surface area contributed by atoms with Crippen LogP contribution in [0.5, 0.6) is 0 Å². The average Bonchev–Trinajstić information content (AvgIpc) is 3.32. The lowest BCUT2D eigenvalue weighted by molar-refractivity contribution is -0.332. The van der Waals surface area contributed by atoms with Gasteiger partial charge in [-0.25, -0.2) is 0 Å². The van der Waals surface area contributed by atoms with Gasteiger partial charge in [-0.05, 0) is 13.8 Å². The summed E-state index contributed by atoms with van der Waals surface area (Å²) in [4.78, 5) is 11.0. The van der Waals surface area contributed by atoms with Gasteiger partial charge in [-0.15, -0.1) is 0 Å². The van der Waals surface area contributed by atoms with Crippen LogP contribution in [0.2, 0.25) is 0 Å². The monoisotopic (exact) mass is 448 g/mol. The summed E-state index contributed by atoms with van der Waals surface area (Å²) in [7, 11) is 0. The van der Waals surface area contributed by atoms with Crippen LogP contribution in [0.25, 0.3) is 0 Å². The van der Waals surface area contributed by atoms with E-state index < -0.39 is 35.6 Å². The number of aliphatic hydroxyl groups excluding tert-OH is 3. The number of hydrogen-bond acceptors (Lipinski definition) is 10. The van der Waals surface area contributed by atoms with Gasteiger partial charge in [0.15, 0.2) is 12.6 Å². The lowest BCUT2D eigenvalue weighted by Gasteiger charge is -2.47. The lowest BCUT2D eigenvalue weighted by atomic mass is 9.87. The third-order valence-electron chi connectivity index (χ3n) is 6.12. The molecule has 4 fully saturated rings. The number of aldehydes is 1. The van der Waals surface area contributed by atoms with Gasteiger partial charge in [0, 0.05) is 5.41 Å². The zero-order valence-electron chi connectivity index (χ0n) is 18.7. The molecular formula is C21H36O10. The highest BCUT2D eigenvalue weighted by Gasteiger charge is 2.48. The topological polar surface area (TPSA) is 133 Å². The zero-order valence-corrected chi connectivity index (χ0v) is 18.7. The maximum Gasteiger partial charge on any atom is 0.169 e. The molecule has 10 heteroatoms. The van der Waals surface area contributed by atoms with Crippen LogP contribution in [0, 0.1) is 16.2 Å². The Hall–Kier alpha value is -0.690. The number of carbonyl (C=O) groups is 1. The summed E-state index contributed by atoms with van der Waals surface area (Å²) in [5.41, 5.74) is -1.45. The summed E-state index contributed by atoms with van der Waals surface area (Å²) in [6.45, 7) is 9.70. The molecule has 10 nitrogen and oxygen atoms in total. The minimum atomic E-state index is -0.667. The van der Waals surface area contributed by atoms with Crippen LogP contribution in [0.15, 0.2) is 0 Å². The van der Waals surface area contributed by atoms with E-state index in [-0.39, 0.29) is 37.4 Å². The summed E-state index contributed by atoms with van der Waals surface area (Å²) in [6, 6.07) is 0. The van der Waals surface area contributed by atoms with E-state index in [2.05, 4.69) is 0 Å². The fourth-order valence-corrected chi connectivity index (χ4v) is 3.83. The molecule has 0 bridgehead atoms. The second kappa shape index (κ2) is 9.66. The number of fused-ring (bicyclic) bond motifs is 1. The Balaban J connectivity index is 0.000000225. The molecule has 3 N–H and O–H groups in total. The molecule has 4 atom stereocenters. The van der Waals surface area contributed by atoms with E-state index in [1.807, 2.05) is 13.8 Å². The van der Waals surface area contributed by atoms with Crippen molar-refractivity contribution >= 4 is 6.29 Å². The van der Waals surface area contributed by atoms with E-state index in [1.54, 1.807) is 13.8 Å². The van der Waals surface area contributed by atoms with Crippen LogP contribution in [0.1, 0.15) is 27.7 Å². The molecule has 0 aromatic rings. The van der Waals surface area contributed by atoms with Crippen molar-refractivity contribution in [2.75, 3.05) is 46.2 Å². The quantitative estimate of drug-likeness (QED) is 0.482. The molecule has 0 aliphatic carbocycles. The maximum atomic E-state index is 11.0. The number of ether oxygens (including phenoxy) is 6. The van der Waals surface area contributed by atoms with E-state index in [4.69, 9.17) is 38.6 Å². The lowest BCUT2D eigenvalue weighted by Crippen LogP contribution is -2.56. The summed E-state index contributed by atoms with van der Waals surface area (Å²) in [6.07, 6.45) is -1.82. The number of aliphatic hydroxyl groups is 3. The van der Waals surface area contributed by atoms with E-state index in [0.29, 0.717) is 26.4 Å². The van der Waals surface area contributed by atoms with Gasteiger partial charge in [-0.1, -0.05) is 13.8 Å². The third kappa shape index (κ3) is 5.45. The fraction of sp³-hybridized carbons (Fsp3) is 0.952. The highest BCUT2D eigenvalue weighted by molar-refractivity contribution is 5.58. The first kappa shape index (κ1) is 24.9. The predicted octanol–water partition coefficient (Wildman–Crippen LogP) is -0.532. The van der Waals surface area contributed by atoms with Crippen LogP contribution in [-0.2, 0) is 33.2 Å².